The molecule has 0 aromatic heterocycles. The molecular weight excluding hydrogens is 444 g/mol. The molecule has 35 heavy (non-hydrogen) atoms. The summed E-state index contributed by atoms with van der Waals surface area (Å²) in [5.74, 6) is -1.86. The van der Waals surface area contributed by atoms with Crippen LogP contribution in [0.4, 0.5) is 0 Å². The number of ether oxygens (including phenoxy) is 1. The number of amides is 2. The van der Waals surface area contributed by atoms with Gasteiger partial charge in [0.15, 0.2) is 0 Å². The number of carbonyl (C=O) groups excluding carboxylic acids is 2. The molecule has 0 saturated heterocycles. The minimum absolute atomic E-state index is 0.279. The molecule has 2 aliphatic carbocycles. The van der Waals surface area contributed by atoms with E-state index < -0.39 is 23.8 Å². The van der Waals surface area contributed by atoms with Crippen molar-refractivity contribution in [2.24, 2.45) is 5.92 Å². The summed E-state index contributed by atoms with van der Waals surface area (Å²) in [5.41, 5.74) is 4.10. The second kappa shape index (κ2) is 12.6. The molecule has 0 spiro atoms. The van der Waals surface area contributed by atoms with Crippen LogP contribution in [0.5, 0.6) is 5.75 Å². The summed E-state index contributed by atoms with van der Waals surface area (Å²) in [7, 11) is 1.51. The average Bonchev–Trinajstić information content (AvgIpc) is 3.07. The van der Waals surface area contributed by atoms with Gasteiger partial charge in [-0.15, -0.1) is 0 Å². The van der Waals surface area contributed by atoms with E-state index in [0.29, 0.717) is 19.4 Å². The van der Waals surface area contributed by atoms with Gasteiger partial charge in [-0.05, 0) is 54.2 Å². The lowest BCUT2D eigenvalue weighted by molar-refractivity contribution is -0.141. The topological polar surface area (TPSA) is 105 Å². The van der Waals surface area contributed by atoms with Gasteiger partial charge in [0, 0.05) is 19.4 Å². The highest BCUT2D eigenvalue weighted by Crippen LogP contribution is 2.29. The molecule has 3 N–H and O–H groups in total. The molecule has 2 atom stereocenters. The smallest absolute Gasteiger partial charge is 0.304 e. The van der Waals surface area contributed by atoms with Crippen LogP contribution < -0.4 is 15.4 Å². The van der Waals surface area contributed by atoms with Gasteiger partial charge in [0.1, 0.15) is 11.8 Å². The number of aryl methyl sites for hydroxylation is 1. The number of likely N-dealkylation sites (N-methyl/N-ethyl adjacent to an activating group) is 1. The number of carbonyl (C=O) groups is 3. The van der Waals surface area contributed by atoms with Crippen LogP contribution >= 0.6 is 0 Å². The van der Waals surface area contributed by atoms with Crippen LogP contribution in [0.15, 0.2) is 66.7 Å². The summed E-state index contributed by atoms with van der Waals surface area (Å²) in [6, 6.07) is 20.5. The molecule has 0 heterocycles. The molecule has 3 rings (SSSR count). The fourth-order valence-electron chi connectivity index (χ4n) is 4.16. The van der Waals surface area contributed by atoms with Crippen molar-refractivity contribution in [2.75, 3.05) is 13.7 Å². The summed E-state index contributed by atoms with van der Waals surface area (Å²) < 4.78 is 5.45. The molecule has 7 heteroatoms. The monoisotopic (exact) mass is 476 g/mol. The van der Waals surface area contributed by atoms with Crippen molar-refractivity contribution in [3.63, 3.8) is 0 Å². The molecule has 0 bridgehead atoms. The second-order valence-electron chi connectivity index (χ2n) is 8.43. The highest BCUT2D eigenvalue weighted by Gasteiger charge is 2.27. The van der Waals surface area contributed by atoms with Crippen molar-refractivity contribution in [3.05, 3.63) is 77.9 Å². The molecular formula is C28H32N2O5. The molecule has 0 aliphatic heterocycles. The Bertz CT molecular complexity index is 1110. The first kappa shape index (κ1) is 25.7. The van der Waals surface area contributed by atoms with Crippen molar-refractivity contribution in [1.82, 2.24) is 10.6 Å². The Morgan fingerprint density at radius 1 is 0.943 bits per heavy atom. The van der Waals surface area contributed by atoms with Crippen LogP contribution in [-0.4, -0.2) is 42.6 Å². The lowest BCUT2D eigenvalue weighted by atomic mass is 9.94. The third kappa shape index (κ3) is 7.30. The second-order valence-corrected chi connectivity index (χ2v) is 8.43. The van der Waals surface area contributed by atoms with E-state index in [4.69, 9.17) is 4.74 Å². The van der Waals surface area contributed by atoms with Crippen LogP contribution in [0.1, 0.15) is 30.9 Å². The van der Waals surface area contributed by atoms with Crippen LogP contribution in [0, 0.1) is 5.92 Å². The van der Waals surface area contributed by atoms with Crippen molar-refractivity contribution in [3.8, 4) is 16.9 Å². The number of nitrogens with one attached hydrogen (secondary N) is 2. The molecule has 1 aromatic rings. The van der Waals surface area contributed by atoms with E-state index in [1.165, 1.54) is 7.05 Å². The number of benzene rings is 1. The van der Waals surface area contributed by atoms with Gasteiger partial charge in [-0.3, -0.25) is 14.4 Å². The predicted molar refractivity (Wildman–Crippen MR) is 134 cm³/mol. The van der Waals surface area contributed by atoms with Crippen molar-refractivity contribution < 1.29 is 24.2 Å². The van der Waals surface area contributed by atoms with Crippen LogP contribution in [0.3, 0.4) is 0 Å². The van der Waals surface area contributed by atoms with E-state index in [-0.39, 0.29) is 18.7 Å². The minimum atomic E-state index is -1.05. The van der Waals surface area contributed by atoms with E-state index in [0.717, 1.165) is 28.0 Å². The predicted octanol–water partition coefficient (Wildman–Crippen LogP) is 3.69. The fourth-order valence-corrected chi connectivity index (χ4v) is 4.16. The van der Waals surface area contributed by atoms with Gasteiger partial charge in [0.05, 0.1) is 13.0 Å². The normalized spacial score (nSPS) is 12.5. The number of aliphatic carboxylic acids is 1. The Labute approximate surface area is 205 Å². The molecule has 0 saturated carbocycles. The van der Waals surface area contributed by atoms with Crippen LogP contribution in [-0.2, 0) is 27.2 Å². The lowest BCUT2D eigenvalue weighted by Crippen LogP contribution is -2.49. The summed E-state index contributed by atoms with van der Waals surface area (Å²) in [6.45, 7) is 2.46. The largest absolute Gasteiger partial charge is 0.494 e. The number of fused-ring (bicyclic) bond motifs is 1. The highest BCUT2D eigenvalue weighted by molar-refractivity contribution is 5.90. The van der Waals surface area contributed by atoms with Gasteiger partial charge in [0.2, 0.25) is 11.8 Å². The Morgan fingerprint density at radius 3 is 2.37 bits per heavy atom. The molecule has 7 nitrogen and oxygen atoms in total. The molecule has 0 unspecified atom stereocenters. The van der Waals surface area contributed by atoms with Gasteiger partial charge >= 0.3 is 5.97 Å². The first-order valence-electron chi connectivity index (χ1n) is 11.8. The molecule has 2 aliphatic rings. The maximum atomic E-state index is 13.1. The first-order chi connectivity index (χ1) is 16.9. The lowest BCUT2D eigenvalue weighted by Gasteiger charge is -2.21. The molecule has 0 radical (unpaired) electrons. The SMILES string of the molecule is CCOc1ccc(C[C@H](NC(=O)[C@H](CCc2ccc3cccccc2-3)CC(=O)O)C(=O)NC)cc1. The van der Waals surface area contributed by atoms with E-state index in [1.807, 2.05) is 73.7 Å². The minimum Gasteiger partial charge on any atom is -0.494 e. The third-order valence-electron chi connectivity index (χ3n) is 5.99. The van der Waals surface area contributed by atoms with Crippen LogP contribution in [0.25, 0.3) is 11.1 Å². The number of carboxylic acid groups (broad SMARTS) is 1. The Balaban J connectivity index is 1.70. The molecule has 1 aromatic carbocycles. The highest BCUT2D eigenvalue weighted by atomic mass is 16.5. The van der Waals surface area contributed by atoms with Crippen molar-refractivity contribution in [2.45, 2.75) is 38.6 Å². The van der Waals surface area contributed by atoms with Gasteiger partial charge in [-0.2, -0.15) is 0 Å². The zero-order chi connectivity index (χ0) is 25.2. The maximum absolute atomic E-state index is 13.1. The summed E-state index contributed by atoms with van der Waals surface area (Å²) in [5, 5.41) is 14.8. The van der Waals surface area contributed by atoms with E-state index in [2.05, 4.69) is 10.6 Å². The number of hydrogen-bond donors (Lipinski definition) is 3. The zero-order valence-corrected chi connectivity index (χ0v) is 20.1. The number of hydrogen-bond acceptors (Lipinski definition) is 4. The Hall–Kier alpha value is -3.87. The first-order valence-corrected chi connectivity index (χ1v) is 11.8. The Morgan fingerprint density at radius 2 is 1.69 bits per heavy atom. The summed E-state index contributed by atoms with van der Waals surface area (Å²) in [6.07, 6.45) is 0.894. The van der Waals surface area contributed by atoms with E-state index in [9.17, 15) is 19.5 Å². The standard InChI is InChI=1S/C28H32N2O5/c1-3-35-23-15-9-19(10-16-23)17-25(28(34)29-2)30-27(33)22(18-26(31)32)14-13-21-12-11-20-7-5-4-6-8-24(20)21/h4-12,15-16,22,25H,3,13-14,17-18H2,1-2H3,(H,29,34)(H,30,33)(H,31,32)/t22-,25+/m1/s1. The Kier molecular flexibility index (Phi) is 9.23. The van der Waals surface area contributed by atoms with E-state index in [1.54, 1.807) is 0 Å². The number of rotatable bonds is 12. The van der Waals surface area contributed by atoms with E-state index >= 15 is 0 Å². The molecule has 2 amide bonds. The summed E-state index contributed by atoms with van der Waals surface area (Å²) >= 11 is 0. The average molecular weight is 477 g/mol. The van der Waals surface area contributed by atoms with Crippen molar-refractivity contribution >= 4 is 17.8 Å². The van der Waals surface area contributed by atoms with Gasteiger partial charge in [-0.25, -0.2) is 0 Å². The molecule has 0 fully saturated rings. The van der Waals surface area contributed by atoms with Gasteiger partial charge in [0.25, 0.3) is 0 Å². The maximum Gasteiger partial charge on any atom is 0.304 e. The fraction of sp³-hybridized carbons (Fsp3) is 0.321. The van der Waals surface area contributed by atoms with Crippen molar-refractivity contribution in [1.29, 1.82) is 0 Å². The van der Waals surface area contributed by atoms with Crippen LogP contribution in [0.2, 0.25) is 0 Å². The quantitative estimate of drug-likeness (QED) is 0.370. The van der Waals surface area contributed by atoms with Gasteiger partial charge < -0.3 is 20.5 Å². The molecule has 184 valence electrons. The van der Waals surface area contributed by atoms with Gasteiger partial charge in [-0.1, -0.05) is 54.6 Å². The number of carboxylic acids is 1. The third-order valence-corrected chi connectivity index (χ3v) is 5.99. The summed E-state index contributed by atoms with van der Waals surface area (Å²) in [4.78, 5) is 37.2. The zero-order valence-electron chi connectivity index (χ0n) is 20.1.